The molecule has 1 aliphatic heterocycles. The normalized spacial score (nSPS) is 14.6. The number of thiophene rings is 1. The Morgan fingerprint density at radius 1 is 1.33 bits per heavy atom. The van der Waals surface area contributed by atoms with Crippen LogP contribution in [0, 0.1) is 5.82 Å². The summed E-state index contributed by atoms with van der Waals surface area (Å²) in [5.74, 6) is -1.16. The number of nitrogens with one attached hydrogen (secondary N) is 3. The van der Waals surface area contributed by atoms with Gasteiger partial charge in [0.05, 0.1) is 10.6 Å². The number of amides is 2. The fraction of sp³-hybridized carbons (Fsp3) is 0.294. The maximum atomic E-state index is 14.5. The van der Waals surface area contributed by atoms with E-state index in [1.54, 1.807) is 30.5 Å². The summed E-state index contributed by atoms with van der Waals surface area (Å²) in [4.78, 5) is 24.7. The highest BCUT2D eigenvalue weighted by atomic mass is 32.1. The summed E-state index contributed by atoms with van der Waals surface area (Å²) >= 11 is 1.30. The monoisotopic (exact) mass is 347 g/mol. The van der Waals surface area contributed by atoms with E-state index in [1.807, 2.05) is 6.07 Å². The molecule has 0 bridgehead atoms. The fourth-order valence-corrected chi connectivity index (χ4v) is 3.24. The second-order valence-corrected chi connectivity index (χ2v) is 6.60. The Morgan fingerprint density at radius 2 is 2.17 bits per heavy atom. The maximum Gasteiger partial charge on any atom is 0.261 e. The van der Waals surface area contributed by atoms with Crippen molar-refractivity contribution < 1.29 is 14.0 Å². The molecule has 2 amide bonds. The molecule has 126 valence electrons. The third-order valence-corrected chi connectivity index (χ3v) is 4.82. The molecule has 0 radical (unpaired) electrons. The van der Waals surface area contributed by atoms with Gasteiger partial charge < -0.3 is 16.0 Å². The first-order valence-corrected chi connectivity index (χ1v) is 8.60. The lowest BCUT2D eigenvalue weighted by Gasteiger charge is -2.20. The molecule has 2 heterocycles. The first-order chi connectivity index (χ1) is 11.6. The van der Waals surface area contributed by atoms with Crippen LogP contribution < -0.4 is 16.0 Å². The Labute approximate surface area is 143 Å². The molecule has 2 aromatic rings. The van der Waals surface area contributed by atoms with Gasteiger partial charge in [0.1, 0.15) is 11.9 Å². The van der Waals surface area contributed by atoms with Crippen molar-refractivity contribution in [2.24, 2.45) is 0 Å². The summed E-state index contributed by atoms with van der Waals surface area (Å²) in [5, 5.41) is 10.1. The van der Waals surface area contributed by atoms with Crippen LogP contribution in [-0.4, -0.2) is 24.4 Å². The summed E-state index contributed by atoms with van der Waals surface area (Å²) in [6, 6.07) is 6.06. The largest absolute Gasteiger partial charge is 0.340 e. The summed E-state index contributed by atoms with van der Waals surface area (Å²) in [7, 11) is 0. The van der Waals surface area contributed by atoms with Crippen LogP contribution in [0.15, 0.2) is 29.6 Å². The number of halogens is 1. The average Bonchev–Trinajstić information content (AvgIpc) is 3.12. The van der Waals surface area contributed by atoms with Crippen LogP contribution in [0.25, 0.3) is 0 Å². The van der Waals surface area contributed by atoms with Gasteiger partial charge in [-0.15, -0.1) is 11.3 Å². The van der Waals surface area contributed by atoms with Crippen LogP contribution in [0.4, 0.5) is 10.1 Å². The van der Waals surface area contributed by atoms with E-state index in [1.165, 1.54) is 11.3 Å². The second-order valence-electron chi connectivity index (χ2n) is 5.65. The van der Waals surface area contributed by atoms with Crippen molar-refractivity contribution in [3.05, 3.63) is 51.5 Å². The lowest BCUT2D eigenvalue weighted by Crippen LogP contribution is -2.41. The highest BCUT2D eigenvalue weighted by molar-refractivity contribution is 7.12. The minimum Gasteiger partial charge on any atom is -0.340 e. The Morgan fingerprint density at radius 3 is 2.92 bits per heavy atom. The van der Waals surface area contributed by atoms with Gasteiger partial charge in [-0.2, -0.15) is 0 Å². The molecule has 0 aliphatic carbocycles. The molecular formula is C17H18FN3O2S. The molecule has 3 rings (SSSR count). The SMILES string of the molecule is CC(NC(=O)c1cccs1)C(=O)Nc1ccc2c(c1F)CCNC2. The van der Waals surface area contributed by atoms with Gasteiger partial charge in [-0.3, -0.25) is 9.59 Å². The Bertz CT molecular complexity index is 761. The van der Waals surface area contributed by atoms with Gasteiger partial charge in [0.15, 0.2) is 0 Å². The van der Waals surface area contributed by atoms with Crippen molar-refractivity contribution in [2.45, 2.75) is 25.9 Å². The highest BCUT2D eigenvalue weighted by Crippen LogP contribution is 2.24. The van der Waals surface area contributed by atoms with E-state index < -0.39 is 11.9 Å². The molecule has 5 nitrogen and oxygen atoms in total. The minimum atomic E-state index is -0.767. The highest BCUT2D eigenvalue weighted by Gasteiger charge is 2.21. The van der Waals surface area contributed by atoms with Crippen LogP contribution in [0.5, 0.6) is 0 Å². The lowest BCUT2D eigenvalue weighted by molar-refractivity contribution is -0.117. The summed E-state index contributed by atoms with van der Waals surface area (Å²) < 4.78 is 14.5. The number of fused-ring (bicyclic) bond motifs is 1. The summed E-state index contributed by atoms with van der Waals surface area (Å²) in [6.07, 6.45) is 0.593. The van der Waals surface area contributed by atoms with Crippen LogP contribution in [0.3, 0.4) is 0 Å². The zero-order chi connectivity index (χ0) is 17.1. The number of hydrogen-bond donors (Lipinski definition) is 3. The molecule has 24 heavy (non-hydrogen) atoms. The van der Waals surface area contributed by atoms with Gasteiger partial charge in [0.25, 0.3) is 5.91 Å². The third kappa shape index (κ3) is 3.47. The standard InChI is InChI=1S/C17H18FN3O2S/c1-10(20-17(23)14-3-2-8-24-14)16(22)21-13-5-4-11-9-19-7-6-12(11)15(13)18/h2-5,8,10,19H,6-7,9H2,1H3,(H,20,23)(H,21,22). The quantitative estimate of drug-likeness (QED) is 0.795. The molecular weight excluding hydrogens is 329 g/mol. The smallest absolute Gasteiger partial charge is 0.261 e. The van der Waals surface area contributed by atoms with Crippen LogP contribution in [0.1, 0.15) is 27.7 Å². The number of benzene rings is 1. The van der Waals surface area contributed by atoms with Crippen molar-refractivity contribution >= 4 is 28.8 Å². The van der Waals surface area contributed by atoms with Crippen LogP contribution >= 0.6 is 11.3 Å². The Hall–Kier alpha value is -2.25. The third-order valence-electron chi connectivity index (χ3n) is 3.95. The van der Waals surface area contributed by atoms with E-state index in [4.69, 9.17) is 0 Å². The molecule has 1 aromatic heterocycles. The molecule has 0 saturated heterocycles. The van der Waals surface area contributed by atoms with Crippen molar-refractivity contribution in [1.82, 2.24) is 10.6 Å². The fourth-order valence-electron chi connectivity index (χ4n) is 2.61. The van der Waals surface area contributed by atoms with E-state index in [9.17, 15) is 14.0 Å². The predicted molar refractivity (Wildman–Crippen MR) is 91.7 cm³/mol. The summed E-state index contributed by atoms with van der Waals surface area (Å²) in [5.41, 5.74) is 1.70. The molecule has 1 atom stereocenters. The topological polar surface area (TPSA) is 70.2 Å². The number of anilines is 1. The Kier molecular flexibility index (Phi) is 4.92. The number of rotatable bonds is 4. The lowest BCUT2D eigenvalue weighted by atomic mass is 9.99. The summed E-state index contributed by atoms with van der Waals surface area (Å²) in [6.45, 7) is 2.92. The zero-order valence-electron chi connectivity index (χ0n) is 13.2. The number of carbonyl (C=O) groups excluding carboxylic acids is 2. The van der Waals surface area contributed by atoms with Gasteiger partial charge >= 0.3 is 0 Å². The van der Waals surface area contributed by atoms with Gasteiger partial charge in [0, 0.05) is 6.54 Å². The minimum absolute atomic E-state index is 0.151. The molecule has 1 aromatic carbocycles. The molecule has 0 fully saturated rings. The van der Waals surface area contributed by atoms with Gasteiger partial charge in [-0.25, -0.2) is 4.39 Å². The van der Waals surface area contributed by atoms with Gasteiger partial charge in [-0.1, -0.05) is 12.1 Å². The first kappa shape index (κ1) is 16.6. The van der Waals surface area contributed by atoms with E-state index >= 15 is 0 Å². The van der Waals surface area contributed by atoms with E-state index in [0.29, 0.717) is 30.0 Å². The molecule has 1 unspecified atom stereocenters. The van der Waals surface area contributed by atoms with Gasteiger partial charge in [0.2, 0.25) is 5.91 Å². The van der Waals surface area contributed by atoms with Crippen molar-refractivity contribution in [3.8, 4) is 0 Å². The van der Waals surface area contributed by atoms with E-state index in [0.717, 1.165) is 5.56 Å². The second kappa shape index (κ2) is 7.11. The molecule has 1 aliphatic rings. The van der Waals surface area contributed by atoms with Crippen LogP contribution in [0.2, 0.25) is 0 Å². The van der Waals surface area contributed by atoms with Crippen molar-refractivity contribution in [1.29, 1.82) is 0 Å². The van der Waals surface area contributed by atoms with Crippen molar-refractivity contribution in [2.75, 3.05) is 11.9 Å². The zero-order valence-corrected chi connectivity index (χ0v) is 14.0. The predicted octanol–water partition coefficient (Wildman–Crippen LogP) is 2.29. The van der Waals surface area contributed by atoms with Crippen molar-refractivity contribution in [3.63, 3.8) is 0 Å². The maximum absolute atomic E-state index is 14.5. The average molecular weight is 347 g/mol. The molecule has 0 saturated carbocycles. The van der Waals surface area contributed by atoms with E-state index in [-0.39, 0.29) is 17.4 Å². The number of hydrogen-bond acceptors (Lipinski definition) is 4. The Balaban J connectivity index is 1.67. The first-order valence-electron chi connectivity index (χ1n) is 7.72. The van der Waals surface area contributed by atoms with Crippen LogP contribution in [-0.2, 0) is 17.8 Å². The van der Waals surface area contributed by atoms with E-state index in [2.05, 4.69) is 16.0 Å². The molecule has 7 heteroatoms. The number of carbonyl (C=O) groups is 2. The molecule has 3 N–H and O–H groups in total. The van der Waals surface area contributed by atoms with Gasteiger partial charge in [-0.05, 0) is 48.5 Å². The molecule has 0 spiro atoms.